The van der Waals surface area contributed by atoms with Crippen molar-refractivity contribution in [2.75, 3.05) is 13.1 Å². The Hall–Kier alpha value is -2.97. The minimum absolute atomic E-state index is 0.0325. The molecule has 0 spiro atoms. The monoisotopic (exact) mass is 476 g/mol. The molecule has 4 aromatic rings. The molecule has 6 nitrogen and oxygen atoms in total. The Balaban J connectivity index is 1.22. The molecule has 4 heterocycles. The molecule has 33 heavy (non-hydrogen) atoms. The number of carbonyl (C=O) groups is 2. The fourth-order valence-electron chi connectivity index (χ4n) is 5.16. The molecule has 8 heteroatoms. The number of nitrogens with one attached hydrogen (secondary N) is 1. The maximum Gasteiger partial charge on any atom is 0.270 e. The van der Waals surface area contributed by atoms with Gasteiger partial charge in [-0.15, -0.1) is 22.7 Å². The van der Waals surface area contributed by atoms with Crippen LogP contribution in [0.4, 0.5) is 0 Å². The number of hydrogen-bond acceptors (Lipinski definition) is 5. The van der Waals surface area contributed by atoms with Gasteiger partial charge in [-0.1, -0.05) is 29.8 Å². The number of likely N-dealkylation sites (tertiary alicyclic amines) is 1. The van der Waals surface area contributed by atoms with Crippen LogP contribution in [0.3, 0.4) is 0 Å². The molecule has 0 radical (unpaired) electrons. The van der Waals surface area contributed by atoms with Crippen molar-refractivity contribution < 1.29 is 9.59 Å². The standard InChI is InChI=1S/C25H24N4O2S2/c1-14-4-3-5-16(10-14)18-6-8-32-22(18)24(31)29-13-17-11-19(17)20(29)12-26-23(30)21-15(2)27-25-28(21)7-9-33-25/h3-10,17,19-20H,11-13H2,1-2H3,(H,26,30)/t17-,19-,20+/m0/s1. The van der Waals surface area contributed by atoms with E-state index in [1.165, 1.54) is 28.2 Å². The lowest BCUT2D eigenvalue weighted by Gasteiger charge is -2.28. The molecule has 6 rings (SSSR count). The second-order valence-corrected chi connectivity index (χ2v) is 10.8. The van der Waals surface area contributed by atoms with Gasteiger partial charge >= 0.3 is 0 Å². The van der Waals surface area contributed by atoms with Crippen LogP contribution in [0.5, 0.6) is 0 Å². The zero-order valence-corrected chi connectivity index (χ0v) is 20.1. The van der Waals surface area contributed by atoms with Gasteiger partial charge in [-0.2, -0.15) is 0 Å². The molecule has 0 unspecified atom stereocenters. The summed E-state index contributed by atoms with van der Waals surface area (Å²) in [6.45, 7) is 5.17. The molecule has 1 aromatic carbocycles. The fourth-order valence-corrected chi connectivity index (χ4v) is 6.79. The fraction of sp³-hybridized carbons (Fsp3) is 0.320. The van der Waals surface area contributed by atoms with Gasteiger partial charge in [-0.3, -0.25) is 14.0 Å². The number of aryl methyl sites for hydroxylation is 2. The molecular formula is C25H24N4O2S2. The molecule has 1 aliphatic heterocycles. The summed E-state index contributed by atoms with van der Waals surface area (Å²) in [6.07, 6.45) is 3.01. The van der Waals surface area contributed by atoms with E-state index in [1.54, 1.807) is 0 Å². The van der Waals surface area contributed by atoms with E-state index in [1.807, 2.05) is 45.3 Å². The molecule has 2 fully saturated rings. The Bertz CT molecular complexity index is 1380. The normalized spacial score (nSPS) is 21.4. The van der Waals surface area contributed by atoms with Crippen LogP contribution in [0.15, 0.2) is 47.3 Å². The average molecular weight is 477 g/mol. The first-order valence-corrected chi connectivity index (χ1v) is 12.9. The van der Waals surface area contributed by atoms with Gasteiger partial charge in [0.2, 0.25) is 0 Å². The molecule has 3 atom stereocenters. The lowest BCUT2D eigenvalue weighted by molar-refractivity contribution is 0.0699. The van der Waals surface area contributed by atoms with E-state index in [-0.39, 0.29) is 17.9 Å². The molecule has 0 bridgehead atoms. The smallest absolute Gasteiger partial charge is 0.270 e. The van der Waals surface area contributed by atoms with Gasteiger partial charge < -0.3 is 10.2 Å². The summed E-state index contributed by atoms with van der Waals surface area (Å²) < 4.78 is 1.84. The van der Waals surface area contributed by atoms with E-state index in [4.69, 9.17) is 0 Å². The number of piperidine rings is 1. The molecule has 2 aliphatic rings. The van der Waals surface area contributed by atoms with Gasteiger partial charge in [-0.05, 0) is 49.1 Å². The molecule has 168 valence electrons. The Kier molecular flexibility index (Phi) is 4.88. The van der Waals surface area contributed by atoms with Crippen LogP contribution >= 0.6 is 22.7 Å². The summed E-state index contributed by atoms with van der Waals surface area (Å²) in [4.78, 5) is 34.7. The first kappa shape index (κ1) is 20.6. The number of benzene rings is 1. The number of rotatable bonds is 5. The van der Waals surface area contributed by atoms with Crippen molar-refractivity contribution >= 4 is 39.4 Å². The third kappa shape index (κ3) is 3.48. The highest BCUT2D eigenvalue weighted by Gasteiger charge is 2.54. The van der Waals surface area contributed by atoms with Crippen molar-refractivity contribution in [2.24, 2.45) is 11.8 Å². The van der Waals surface area contributed by atoms with E-state index in [9.17, 15) is 9.59 Å². The van der Waals surface area contributed by atoms with Gasteiger partial charge in [0.25, 0.3) is 11.8 Å². The second-order valence-electron chi connectivity index (χ2n) is 9.03. The van der Waals surface area contributed by atoms with Crippen molar-refractivity contribution in [3.05, 3.63) is 69.1 Å². The zero-order valence-electron chi connectivity index (χ0n) is 18.4. The van der Waals surface area contributed by atoms with Crippen molar-refractivity contribution in [3.63, 3.8) is 0 Å². The van der Waals surface area contributed by atoms with Gasteiger partial charge in [0, 0.05) is 30.2 Å². The predicted molar refractivity (Wildman–Crippen MR) is 131 cm³/mol. The number of fused-ring (bicyclic) bond motifs is 2. The topological polar surface area (TPSA) is 66.7 Å². The average Bonchev–Trinajstić information content (AvgIpc) is 3.20. The molecule has 1 N–H and O–H groups in total. The summed E-state index contributed by atoms with van der Waals surface area (Å²) in [6, 6.07) is 10.3. The number of thiophene rings is 1. The Labute approximate surface area is 199 Å². The van der Waals surface area contributed by atoms with Gasteiger partial charge in [0.05, 0.1) is 16.6 Å². The number of hydrogen-bond donors (Lipinski definition) is 1. The lowest BCUT2D eigenvalue weighted by Crippen LogP contribution is -2.45. The summed E-state index contributed by atoms with van der Waals surface area (Å²) in [5, 5.41) is 7.03. The Morgan fingerprint density at radius 1 is 1.18 bits per heavy atom. The van der Waals surface area contributed by atoms with Crippen LogP contribution in [0.1, 0.15) is 37.8 Å². The number of imidazole rings is 1. The maximum absolute atomic E-state index is 13.6. The minimum Gasteiger partial charge on any atom is -0.349 e. The summed E-state index contributed by atoms with van der Waals surface area (Å²) in [5.74, 6) is 0.975. The summed E-state index contributed by atoms with van der Waals surface area (Å²) in [7, 11) is 0. The molecule has 1 saturated carbocycles. The maximum atomic E-state index is 13.6. The van der Waals surface area contributed by atoms with E-state index >= 15 is 0 Å². The van der Waals surface area contributed by atoms with Crippen LogP contribution in [-0.2, 0) is 0 Å². The Morgan fingerprint density at radius 2 is 2.06 bits per heavy atom. The van der Waals surface area contributed by atoms with Gasteiger partial charge in [-0.25, -0.2) is 4.98 Å². The van der Waals surface area contributed by atoms with Crippen LogP contribution < -0.4 is 5.32 Å². The van der Waals surface area contributed by atoms with E-state index < -0.39 is 0 Å². The van der Waals surface area contributed by atoms with Crippen LogP contribution in [0.2, 0.25) is 0 Å². The van der Waals surface area contributed by atoms with Crippen LogP contribution in [-0.4, -0.2) is 45.2 Å². The third-order valence-corrected chi connectivity index (χ3v) is 8.53. The first-order chi connectivity index (χ1) is 16.0. The first-order valence-electron chi connectivity index (χ1n) is 11.2. The van der Waals surface area contributed by atoms with Crippen LogP contribution in [0, 0.1) is 25.7 Å². The summed E-state index contributed by atoms with van der Waals surface area (Å²) in [5.41, 5.74) is 4.55. The predicted octanol–water partition coefficient (Wildman–Crippen LogP) is 4.63. The third-order valence-electron chi connectivity index (χ3n) is 6.88. The molecule has 2 amide bonds. The van der Waals surface area contributed by atoms with Crippen LogP contribution in [0.25, 0.3) is 16.1 Å². The van der Waals surface area contributed by atoms with Crippen molar-refractivity contribution in [1.82, 2.24) is 19.6 Å². The van der Waals surface area contributed by atoms with E-state index in [0.717, 1.165) is 39.6 Å². The molecule has 3 aromatic heterocycles. The number of nitrogens with zero attached hydrogens (tertiary/aromatic N) is 3. The number of amides is 2. The largest absolute Gasteiger partial charge is 0.349 e. The van der Waals surface area contributed by atoms with Gasteiger partial charge in [0.1, 0.15) is 5.69 Å². The molecular weight excluding hydrogens is 452 g/mol. The molecule has 1 aliphatic carbocycles. The van der Waals surface area contributed by atoms with Crippen molar-refractivity contribution in [3.8, 4) is 11.1 Å². The zero-order chi connectivity index (χ0) is 22.7. The van der Waals surface area contributed by atoms with E-state index in [2.05, 4.69) is 35.4 Å². The Morgan fingerprint density at radius 3 is 2.91 bits per heavy atom. The second kappa shape index (κ2) is 7.81. The minimum atomic E-state index is -0.133. The van der Waals surface area contributed by atoms with Crippen molar-refractivity contribution in [1.29, 1.82) is 0 Å². The van der Waals surface area contributed by atoms with E-state index in [0.29, 0.717) is 24.1 Å². The number of thiazole rings is 1. The van der Waals surface area contributed by atoms with Gasteiger partial charge in [0.15, 0.2) is 4.96 Å². The number of carbonyl (C=O) groups excluding carboxylic acids is 2. The quantitative estimate of drug-likeness (QED) is 0.457. The van der Waals surface area contributed by atoms with Crippen molar-refractivity contribution in [2.45, 2.75) is 26.3 Å². The lowest BCUT2D eigenvalue weighted by atomic mass is 10.0. The highest BCUT2D eigenvalue weighted by Crippen LogP contribution is 2.50. The summed E-state index contributed by atoms with van der Waals surface area (Å²) >= 11 is 3.01. The SMILES string of the molecule is Cc1cccc(-c2ccsc2C(=O)N2C[C@@H]3C[C@@H]3[C@H]2CNC(=O)c2c(C)nc3sccn23)c1. The number of aromatic nitrogens is 2. The highest BCUT2D eigenvalue weighted by molar-refractivity contribution is 7.15. The molecule has 1 saturated heterocycles. The highest BCUT2D eigenvalue weighted by atomic mass is 32.1.